The molecule has 1 amide bonds. The molecule has 26 heavy (non-hydrogen) atoms. The van der Waals surface area contributed by atoms with Crippen LogP contribution in [0.4, 0.5) is 4.79 Å². The van der Waals surface area contributed by atoms with Crippen molar-refractivity contribution >= 4 is 12.1 Å². The van der Waals surface area contributed by atoms with Gasteiger partial charge in [0, 0.05) is 11.8 Å². The molecular weight excluding hydrogens is 338 g/mol. The summed E-state index contributed by atoms with van der Waals surface area (Å²) in [5, 5.41) is 2.55. The average molecular weight is 365 g/mol. The first-order valence-electron chi connectivity index (χ1n) is 8.68. The van der Waals surface area contributed by atoms with E-state index in [-0.39, 0.29) is 12.0 Å². The number of alkyl carbamates (subject to hydrolysis) is 1. The molecule has 0 aliphatic carbocycles. The van der Waals surface area contributed by atoms with E-state index in [0.717, 1.165) is 5.56 Å². The molecule has 1 aromatic carbocycles. The highest BCUT2D eigenvalue weighted by atomic mass is 16.7. The van der Waals surface area contributed by atoms with Crippen LogP contribution >= 0.6 is 0 Å². The summed E-state index contributed by atoms with van der Waals surface area (Å²) in [5.74, 6) is -0.530. The topological polar surface area (TPSA) is 83.1 Å². The van der Waals surface area contributed by atoms with E-state index in [9.17, 15) is 9.59 Å². The Kier molecular flexibility index (Phi) is 7.41. The maximum atomic E-state index is 12.0. The molecule has 1 aliphatic heterocycles. The highest BCUT2D eigenvalue weighted by Gasteiger charge is 2.30. The standard InChI is InChI=1S/C19H27NO6/c1-19(2)12-25-16(26-13-19)10-9-15(17(21)23-3)20-18(22)24-11-14-7-5-4-6-8-14/h4-8,15-16H,9-13H2,1-3H3,(H,20,22)/t15-/m0/s1. The molecule has 7 heteroatoms. The smallest absolute Gasteiger partial charge is 0.408 e. The van der Waals surface area contributed by atoms with Crippen molar-refractivity contribution < 1.29 is 28.5 Å². The Morgan fingerprint density at radius 1 is 1.23 bits per heavy atom. The van der Waals surface area contributed by atoms with Crippen molar-refractivity contribution in [1.29, 1.82) is 0 Å². The maximum Gasteiger partial charge on any atom is 0.408 e. The molecule has 0 spiro atoms. The van der Waals surface area contributed by atoms with Crippen LogP contribution in [0.2, 0.25) is 0 Å². The molecule has 1 saturated heterocycles. The number of methoxy groups -OCH3 is 1. The Hall–Kier alpha value is -2.12. The van der Waals surface area contributed by atoms with Crippen LogP contribution in [0.15, 0.2) is 30.3 Å². The second kappa shape index (κ2) is 9.54. The zero-order valence-corrected chi connectivity index (χ0v) is 15.5. The first kappa shape index (κ1) is 20.2. The number of benzene rings is 1. The van der Waals surface area contributed by atoms with Crippen LogP contribution < -0.4 is 5.32 Å². The zero-order valence-electron chi connectivity index (χ0n) is 15.5. The van der Waals surface area contributed by atoms with Crippen LogP contribution in [-0.4, -0.2) is 44.7 Å². The average Bonchev–Trinajstić information content (AvgIpc) is 2.64. The van der Waals surface area contributed by atoms with Crippen molar-refractivity contribution in [3.63, 3.8) is 0 Å². The summed E-state index contributed by atoms with van der Waals surface area (Å²) < 4.78 is 21.2. The summed E-state index contributed by atoms with van der Waals surface area (Å²) in [6.45, 7) is 5.43. The normalized spacial score (nSPS) is 18.0. The minimum absolute atomic E-state index is 0.0161. The molecule has 1 aromatic rings. The number of hydrogen-bond donors (Lipinski definition) is 1. The Morgan fingerprint density at radius 2 is 1.88 bits per heavy atom. The lowest BCUT2D eigenvalue weighted by atomic mass is 9.95. The van der Waals surface area contributed by atoms with Gasteiger partial charge in [-0.15, -0.1) is 0 Å². The van der Waals surface area contributed by atoms with E-state index >= 15 is 0 Å². The van der Waals surface area contributed by atoms with E-state index < -0.39 is 24.4 Å². The number of amides is 1. The van der Waals surface area contributed by atoms with Gasteiger partial charge in [0.15, 0.2) is 6.29 Å². The highest BCUT2D eigenvalue weighted by molar-refractivity contribution is 5.81. The van der Waals surface area contributed by atoms with Crippen molar-refractivity contribution in [2.75, 3.05) is 20.3 Å². The Balaban J connectivity index is 1.79. The van der Waals surface area contributed by atoms with Crippen molar-refractivity contribution in [3.05, 3.63) is 35.9 Å². The number of hydrogen-bond acceptors (Lipinski definition) is 6. The molecule has 0 unspecified atom stereocenters. The molecule has 1 N–H and O–H groups in total. The first-order chi connectivity index (χ1) is 12.4. The van der Waals surface area contributed by atoms with E-state index in [4.69, 9.17) is 18.9 Å². The van der Waals surface area contributed by atoms with Gasteiger partial charge in [-0.05, 0) is 12.0 Å². The fourth-order valence-electron chi connectivity index (χ4n) is 2.49. The fourth-order valence-corrected chi connectivity index (χ4v) is 2.49. The van der Waals surface area contributed by atoms with Gasteiger partial charge in [-0.25, -0.2) is 9.59 Å². The van der Waals surface area contributed by atoms with Crippen molar-refractivity contribution in [2.45, 2.75) is 45.6 Å². The largest absolute Gasteiger partial charge is 0.467 e. The molecule has 1 heterocycles. The van der Waals surface area contributed by atoms with Gasteiger partial charge >= 0.3 is 12.1 Å². The summed E-state index contributed by atoms with van der Waals surface area (Å²) in [5.41, 5.74) is 0.849. The summed E-state index contributed by atoms with van der Waals surface area (Å²) in [4.78, 5) is 23.9. The second-order valence-corrected chi connectivity index (χ2v) is 7.07. The first-order valence-corrected chi connectivity index (χ1v) is 8.68. The van der Waals surface area contributed by atoms with Crippen molar-refractivity contribution in [2.24, 2.45) is 5.41 Å². The molecular formula is C19H27NO6. The van der Waals surface area contributed by atoms with Crippen LogP contribution in [0.3, 0.4) is 0 Å². The molecule has 1 aliphatic rings. The van der Waals surface area contributed by atoms with Crippen LogP contribution in [0.25, 0.3) is 0 Å². The lowest BCUT2D eigenvalue weighted by molar-refractivity contribution is -0.224. The molecule has 7 nitrogen and oxygen atoms in total. The lowest BCUT2D eigenvalue weighted by Gasteiger charge is -2.34. The Labute approximate surface area is 153 Å². The van der Waals surface area contributed by atoms with Crippen LogP contribution in [0.1, 0.15) is 32.3 Å². The number of carbonyl (C=O) groups is 2. The predicted octanol–water partition coefficient (Wildman–Crippen LogP) is 2.63. The third-order valence-corrected chi connectivity index (χ3v) is 4.00. The number of esters is 1. The highest BCUT2D eigenvalue weighted by Crippen LogP contribution is 2.25. The lowest BCUT2D eigenvalue weighted by Crippen LogP contribution is -2.43. The number of rotatable bonds is 7. The van der Waals surface area contributed by atoms with Crippen LogP contribution in [0, 0.1) is 5.41 Å². The van der Waals surface area contributed by atoms with E-state index in [2.05, 4.69) is 19.2 Å². The number of nitrogens with one attached hydrogen (secondary N) is 1. The third kappa shape index (κ3) is 6.65. The summed E-state index contributed by atoms with van der Waals surface area (Å²) in [6, 6.07) is 8.49. The molecule has 144 valence electrons. The summed E-state index contributed by atoms with van der Waals surface area (Å²) in [7, 11) is 1.28. The molecule has 0 bridgehead atoms. The van der Waals surface area contributed by atoms with Gasteiger partial charge in [0.25, 0.3) is 0 Å². The van der Waals surface area contributed by atoms with E-state index in [1.165, 1.54) is 7.11 Å². The van der Waals surface area contributed by atoms with Gasteiger partial charge in [0.1, 0.15) is 12.6 Å². The van der Waals surface area contributed by atoms with E-state index in [0.29, 0.717) is 26.1 Å². The van der Waals surface area contributed by atoms with Gasteiger partial charge in [-0.2, -0.15) is 0 Å². The molecule has 2 rings (SSSR count). The van der Waals surface area contributed by atoms with Gasteiger partial charge in [0.05, 0.1) is 20.3 Å². The zero-order chi connectivity index (χ0) is 19.0. The second-order valence-electron chi connectivity index (χ2n) is 7.07. The minimum Gasteiger partial charge on any atom is -0.467 e. The molecule has 0 aromatic heterocycles. The van der Waals surface area contributed by atoms with Gasteiger partial charge in [-0.1, -0.05) is 44.2 Å². The Bertz CT molecular complexity index is 579. The molecule has 0 saturated carbocycles. The van der Waals surface area contributed by atoms with Crippen LogP contribution in [0.5, 0.6) is 0 Å². The van der Waals surface area contributed by atoms with Gasteiger partial charge in [0.2, 0.25) is 0 Å². The SMILES string of the molecule is COC(=O)[C@H](CCC1OCC(C)(C)CO1)NC(=O)OCc1ccccc1. The van der Waals surface area contributed by atoms with E-state index in [1.807, 2.05) is 30.3 Å². The predicted molar refractivity (Wildman–Crippen MR) is 94.3 cm³/mol. The number of carbonyl (C=O) groups excluding carboxylic acids is 2. The molecule has 1 fully saturated rings. The third-order valence-electron chi connectivity index (χ3n) is 4.00. The van der Waals surface area contributed by atoms with Crippen molar-refractivity contribution in [1.82, 2.24) is 5.32 Å². The number of ether oxygens (including phenoxy) is 4. The molecule has 0 radical (unpaired) electrons. The summed E-state index contributed by atoms with van der Waals surface area (Å²) in [6.07, 6.45) is -0.263. The fraction of sp³-hybridized carbons (Fsp3) is 0.579. The van der Waals surface area contributed by atoms with Crippen LogP contribution in [-0.2, 0) is 30.3 Å². The van der Waals surface area contributed by atoms with E-state index in [1.54, 1.807) is 0 Å². The van der Waals surface area contributed by atoms with Gasteiger partial charge < -0.3 is 24.3 Å². The summed E-state index contributed by atoms with van der Waals surface area (Å²) >= 11 is 0. The van der Waals surface area contributed by atoms with Gasteiger partial charge in [-0.3, -0.25) is 0 Å². The minimum atomic E-state index is -0.814. The monoisotopic (exact) mass is 365 g/mol. The van der Waals surface area contributed by atoms with Crippen molar-refractivity contribution in [3.8, 4) is 0 Å². The Morgan fingerprint density at radius 3 is 2.50 bits per heavy atom. The molecule has 1 atom stereocenters. The quantitative estimate of drug-likeness (QED) is 0.748. The maximum absolute atomic E-state index is 12.0.